The number of aryl methyl sites for hydroxylation is 1. The van der Waals surface area contributed by atoms with Crippen LogP contribution in [-0.4, -0.2) is 40.2 Å². The number of aromatic nitrogens is 1. The number of fused-ring (bicyclic) bond motifs is 2. The molecule has 0 bridgehead atoms. The maximum Gasteiger partial charge on any atom is 0.410 e. The van der Waals surface area contributed by atoms with Gasteiger partial charge >= 0.3 is 12.1 Å². The predicted molar refractivity (Wildman–Crippen MR) is 131 cm³/mol. The molecule has 2 aliphatic rings. The van der Waals surface area contributed by atoms with Crippen molar-refractivity contribution in [3.63, 3.8) is 0 Å². The van der Waals surface area contributed by atoms with Crippen molar-refractivity contribution in [3.8, 4) is 16.9 Å². The summed E-state index contributed by atoms with van der Waals surface area (Å²) in [7, 11) is 0. The first kappa shape index (κ1) is 23.8. The fourth-order valence-electron chi connectivity index (χ4n) is 5.13. The standard InChI is InChI=1S/C28H27FN2O5/c1-16-19-9-6-12-35-26(19)22(29)13-20(16)25-21-14-31(28(34)36-15-18-7-4-3-5-8-18)11-10-23(21)30-17(2)24(25)27(32)33/h3-5,7-8,13H,6,9-12,14-15H2,1-2H3,(H,32,33). The molecule has 0 spiro atoms. The topological polar surface area (TPSA) is 89.0 Å². The lowest BCUT2D eigenvalue weighted by molar-refractivity contribution is 0.0696. The number of carboxylic acid groups (broad SMARTS) is 1. The molecule has 2 aliphatic heterocycles. The van der Waals surface area contributed by atoms with Crippen molar-refractivity contribution >= 4 is 12.1 Å². The van der Waals surface area contributed by atoms with Gasteiger partial charge in [-0.25, -0.2) is 14.0 Å². The minimum absolute atomic E-state index is 0.0208. The van der Waals surface area contributed by atoms with E-state index in [1.54, 1.807) is 11.8 Å². The molecule has 1 N–H and O–H groups in total. The third kappa shape index (κ3) is 4.27. The first-order valence-corrected chi connectivity index (χ1v) is 12.0. The Labute approximate surface area is 208 Å². The zero-order chi connectivity index (χ0) is 25.4. The summed E-state index contributed by atoms with van der Waals surface area (Å²) < 4.78 is 26.3. The summed E-state index contributed by atoms with van der Waals surface area (Å²) >= 11 is 0. The molecule has 36 heavy (non-hydrogen) atoms. The SMILES string of the molecule is Cc1nc2c(c(-c3cc(F)c4c(c3C)CCCO4)c1C(=O)O)CN(C(=O)OCc1ccccc1)CC2. The Kier molecular flexibility index (Phi) is 6.35. The number of carboxylic acids is 1. The van der Waals surface area contributed by atoms with Crippen LogP contribution in [0.25, 0.3) is 11.1 Å². The summed E-state index contributed by atoms with van der Waals surface area (Å²) in [6.45, 7) is 4.63. The van der Waals surface area contributed by atoms with Crippen LogP contribution in [0.15, 0.2) is 36.4 Å². The number of amides is 1. The number of ether oxygens (including phenoxy) is 2. The maximum atomic E-state index is 15.2. The average molecular weight is 491 g/mol. The van der Waals surface area contributed by atoms with Crippen molar-refractivity contribution in [2.24, 2.45) is 0 Å². The van der Waals surface area contributed by atoms with Crippen LogP contribution >= 0.6 is 0 Å². The van der Waals surface area contributed by atoms with Crippen molar-refractivity contribution in [1.82, 2.24) is 9.88 Å². The van der Waals surface area contributed by atoms with Crippen LogP contribution in [0.5, 0.6) is 5.75 Å². The van der Waals surface area contributed by atoms with E-state index in [2.05, 4.69) is 4.98 Å². The Morgan fingerprint density at radius 2 is 1.94 bits per heavy atom. The molecule has 8 heteroatoms. The quantitative estimate of drug-likeness (QED) is 0.539. The van der Waals surface area contributed by atoms with Crippen molar-refractivity contribution < 1.29 is 28.6 Å². The molecule has 0 saturated heterocycles. The minimum atomic E-state index is -1.14. The largest absolute Gasteiger partial charge is 0.490 e. The number of nitrogens with zero attached hydrogens (tertiary/aromatic N) is 2. The van der Waals surface area contributed by atoms with Gasteiger partial charge in [0, 0.05) is 35.3 Å². The summed E-state index contributed by atoms with van der Waals surface area (Å²) in [6.07, 6.45) is 1.36. The van der Waals surface area contributed by atoms with E-state index in [-0.39, 0.29) is 24.5 Å². The molecule has 0 radical (unpaired) electrons. The van der Waals surface area contributed by atoms with Gasteiger partial charge in [-0.15, -0.1) is 0 Å². The molecule has 186 valence electrons. The first-order valence-electron chi connectivity index (χ1n) is 12.0. The zero-order valence-electron chi connectivity index (χ0n) is 20.3. The van der Waals surface area contributed by atoms with Gasteiger partial charge in [-0.2, -0.15) is 0 Å². The summed E-state index contributed by atoms with van der Waals surface area (Å²) in [6, 6.07) is 10.7. The number of aromatic carboxylic acids is 1. The van der Waals surface area contributed by atoms with Crippen molar-refractivity contribution in [2.75, 3.05) is 13.2 Å². The number of benzene rings is 2. The highest BCUT2D eigenvalue weighted by Gasteiger charge is 2.32. The molecule has 0 aliphatic carbocycles. The Hall–Kier alpha value is -3.94. The van der Waals surface area contributed by atoms with Gasteiger partial charge in [-0.1, -0.05) is 30.3 Å². The van der Waals surface area contributed by atoms with Gasteiger partial charge in [0.1, 0.15) is 6.61 Å². The molecule has 7 nitrogen and oxygen atoms in total. The minimum Gasteiger partial charge on any atom is -0.490 e. The second kappa shape index (κ2) is 9.60. The van der Waals surface area contributed by atoms with Gasteiger partial charge in [0.15, 0.2) is 11.6 Å². The second-order valence-corrected chi connectivity index (χ2v) is 9.18. The number of halogens is 1. The number of hydrogen-bond donors (Lipinski definition) is 1. The monoisotopic (exact) mass is 490 g/mol. The smallest absolute Gasteiger partial charge is 0.410 e. The van der Waals surface area contributed by atoms with Crippen LogP contribution in [0.4, 0.5) is 9.18 Å². The Balaban J connectivity index is 1.57. The van der Waals surface area contributed by atoms with Gasteiger partial charge in [-0.3, -0.25) is 4.98 Å². The first-order chi connectivity index (χ1) is 17.3. The molecule has 3 aromatic rings. The molecule has 0 unspecified atom stereocenters. The molecule has 0 saturated carbocycles. The molecular formula is C28H27FN2O5. The van der Waals surface area contributed by atoms with E-state index in [4.69, 9.17) is 9.47 Å². The fourth-order valence-corrected chi connectivity index (χ4v) is 5.13. The number of carbonyl (C=O) groups is 2. The van der Waals surface area contributed by atoms with Gasteiger partial charge in [0.25, 0.3) is 0 Å². The van der Waals surface area contributed by atoms with E-state index in [1.165, 1.54) is 6.07 Å². The third-order valence-corrected chi connectivity index (χ3v) is 6.91. The highest BCUT2D eigenvalue weighted by atomic mass is 19.1. The average Bonchev–Trinajstić information content (AvgIpc) is 2.89. The lowest BCUT2D eigenvalue weighted by Crippen LogP contribution is -2.37. The number of rotatable bonds is 4. The Bertz CT molecular complexity index is 1360. The molecule has 2 aromatic carbocycles. The molecule has 5 rings (SSSR count). The zero-order valence-corrected chi connectivity index (χ0v) is 20.3. The van der Waals surface area contributed by atoms with E-state index < -0.39 is 17.9 Å². The lowest BCUT2D eigenvalue weighted by Gasteiger charge is -2.31. The maximum absolute atomic E-state index is 15.2. The van der Waals surface area contributed by atoms with Crippen molar-refractivity contribution in [3.05, 3.63) is 81.4 Å². The summed E-state index contributed by atoms with van der Waals surface area (Å²) in [5.41, 5.74) is 5.03. The fraction of sp³-hybridized carbons (Fsp3) is 0.321. The van der Waals surface area contributed by atoms with Gasteiger partial charge in [-0.05, 0) is 49.4 Å². The van der Waals surface area contributed by atoms with Gasteiger partial charge in [0.2, 0.25) is 0 Å². The molecular weight excluding hydrogens is 463 g/mol. The molecule has 3 heterocycles. The molecule has 1 aromatic heterocycles. The second-order valence-electron chi connectivity index (χ2n) is 9.18. The van der Waals surface area contributed by atoms with Crippen LogP contribution in [-0.2, 0) is 30.7 Å². The summed E-state index contributed by atoms with van der Waals surface area (Å²) in [5.74, 6) is -1.42. The molecule has 1 amide bonds. The number of pyridine rings is 1. The van der Waals surface area contributed by atoms with Crippen LogP contribution < -0.4 is 4.74 Å². The number of hydrogen-bond acceptors (Lipinski definition) is 5. The van der Waals surface area contributed by atoms with Crippen molar-refractivity contribution in [1.29, 1.82) is 0 Å². The Morgan fingerprint density at radius 1 is 1.17 bits per heavy atom. The summed E-state index contributed by atoms with van der Waals surface area (Å²) in [5, 5.41) is 10.1. The van der Waals surface area contributed by atoms with Crippen LogP contribution in [0, 0.1) is 19.7 Å². The van der Waals surface area contributed by atoms with E-state index >= 15 is 4.39 Å². The predicted octanol–water partition coefficient (Wildman–Crippen LogP) is 5.22. The Morgan fingerprint density at radius 3 is 2.69 bits per heavy atom. The molecule has 0 atom stereocenters. The van der Waals surface area contributed by atoms with E-state index in [9.17, 15) is 14.7 Å². The number of carbonyl (C=O) groups excluding carboxylic acids is 1. The van der Waals surface area contributed by atoms with E-state index in [1.807, 2.05) is 37.3 Å². The highest BCUT2D eigenvalue weighted by molar-refractivity contribution is 5.99. The van der Waals surface area contributed by atoms with Gasteiger partial charge in [0.05, 0.1) is 24.4 Å². The highest BCUT2D eigenvalue weighted by Crippen LogP contribution is 2.41. The molecule has 0 fully saturated rings. The summed E-state index contributed by atoms with van der Waals surface area (Å²) in [4.78, 5) is 31.4. The van der Waals surface area contributed by atoms with Gasteiger partial charge < -0.3 is 19.5 Å². The normalized spacial score (nSPS) is 14.5. The van der Waals surface area contributed by atoms with E-state index in [0.29, 0.717) is 54.1 Å². The van der Waals surface area contributed by atoms with Crippen molar-refractivity contribution in [2.45, 2.75) is 46.3 Å². The van der Waals surface area contributed by atoms with E-state index in [0.717, 1.165) is 23.1 Å². The van der Waals surface area contributed by atoms with Crippen LogP contribution in [0.3, 0.4) is 0 Å². The van der Waals surface area contributed by atoms with Crippen LogP contribution in [0.1, 0.15) is 50.4 Å². The van der Waals surface area contributed by atoms with Crippen LogP contribution in [0.2, 0.25) is 0 Å². The lowest BCUT2D eigenvalue weighted by atomic mass is 9.85. The third-order valence-electron chi connectivity index (χ3n) is 6.91.